The molecule has 1 saturated carbocycles. The van der Waals surface area contributed by atoms with Crippen molar-refractivity contribution in [2.45, 2.75) is 84.0 Å². The molecule has 6 nitrogen and oxygen atoms in total. The molecule has 0 unspecified atom stereocenters. The van der Waals surface area contributed by atoms with E-state index in [1.54, 1.807) is 7.11 Å². The van der Waals surface area contributed by atoms with Gasteiger partial charge in [-0.25, -0.2) is 4.98 Å². The number of carbonyl (C=O) groups excluding carboxylic acids is 1. The SMILES string of the molecule is CCCCOC1CCC(NC(=O)c2ccn3c(COC)cc(C(C)C)nc23)CC1. The van der Waals surface area contributed by atoms with Gasteiger partial charge in [-0.05, 0) is 50.2 Å². The highest BCUT2D eigenvalue weighted by Gasteiger charge is 2.24. The van der Waals surface area contributed by atoms with Gasteiger partial charge in [0.1, 0.15) is 5.65 Å². The van der Waals surface area contributed by atoms with Gasteiger partial charge in [-0.3, -0.25) is 4.79 Å². The molecule has 29 heavy (non-hydrogen) atoms. The van der Waals surface area contributed by atoms with Crippen LogP contribution in [0.3, 0.4) is 0 Å². The average Bonchev–Trinajstić information content (AvgIpc) is 3.14. The maximum atomic E-state index is 13.0. The minimum absolute atomic E-state index is 0.0420. The summed E-state index contributed by atoms with van der Waals surface area (Å²) in [4.78, 5) is 17.8. The lowest BCUT2D eigenvalue weighted by atomic mass is 9.92. The summed E-state index contributed by atoms with van der Waals surface area (Å²) < 4.78 is 13.2. The zero-order valence-electron chi connectivity index (χ0n) is 18.2. The molecule has 0 radical (unpaired) electrons. The number of fused-ring (bicyclic) bond motifs is 1. The molecular formula is C23H35N3O3. The number of nitrogens with one attached hydrogen (secondary N) is 1. The molecule has 6 heteroatoms. The van der Waals surface area contributed by atoms with E-state index in [0.29, 0.717) is 23.9 Å². The lowest BCUT2D eigenvalue weighted by molar-refractivity contribution is 0.0209. The Morgan fingerprint density at radius 2 is 2.07 bits per heavy atom. The Kier molecular flexibility index (Phi) is 7.67. The van der Waals surface area contributed by atoms with Crippen LogP contribution in [0.5, 0.6) is 0 Å². The average molecular weight is 402 g/mol. The number of amides is 1. The number of unbranched alkanes of at least 4 members (excludes halogenated alkanes) is 1. The van der Waals surface area contributed by atoms with Gasteiger partial charge in [0.25, 0.3) is 5.91 Å². The number of ether oxygens (including phenoxy) is 2. The third-order valence-electron chi connectivity index (χ3n) is 5.71. The number of rotatable bonds is 9. The van der Waals surface area contributed by atoms with E-state index < -0.39 is 0 Å². The van der Waals surface area contributed by atoms with Crippen LogP contribution in [0.4, 0.5) is 0 Å². The predicted octanol–water partition coefficient (Wildman–Crippen LogP) is 4.46. The molecular weight excluding hydrogens is 366 g/mol. The highest BCUT2D eigenvalue weighted by Crippen LogP contribution is 2.23. The Hall–Kier alpha value is -1.92. The van der Waals surface area contributed by atoms with Crippen molar-refractivity contribution in [1.82, 2.24) is 14.7 Å². The van der Waals surface area contributed by atoms with Crippen LogP contribution in [0.15, 0.2) is 18.3 Å². The first-order valence-corrected chi connectivity index (χ1v) is 11.0. The summed E-state index contributed by atoms with van der Waals surface area (Å²) in [6.07, 6.45) is 8.50. The van der Waals surface area contributed by atoms with Crippen molar-refractivity contribution in [1.29, 1.82) is 0 Å². The molecule has 0 aliphatic heterocycles. The van der Waals surface area contributed by atoms with E-state index in [0.717, 1.165) is 56.5 Å². The molecule has 0 aromatic carbocycles. The van der Waals surface area contributed by atoms with Crippen molar-refractivity contribution in [3.8, 4) is 0 Å². The predicted molar refractivity (Wildman–Crippen MR) is 114 cm³/mol. The fraction of sp³-hybridized carbons (Fsp3) is 0.652. The van der Waals surface area contributed by atoms with Gasteiger partial charge < -0.3 is 19.2 Å². The summed E-state index contributed by atoms with van der Waals surface area (Å²) in [5.41, 5.74) is 3.32. The van der Waals surface area contributed by atoms with Crippen molar-refractivity contribution in [2.75, 3.05) is 13.7 Å². The lowest BCUT2D eigenvalue weighted by Crippen LogP contribution is -2.39. The Labute approximate surface area is 174 Å². The Balaban J connectivity index is 1.68. The van der Waals surface area contributed by atoms with E-state index in [4.69, 9.17) is 14.5 Å². The van der Waals surface area contributed by atoms with Crippen LogP contribution < -0.4 is 5.32 Å². The molecule has 1 N–H and O–H groups in total. The molecule has 2 aromatic rings. The summed E-state index contributed by atoms with van der Waals surface area (Å²) in [5, 5.41) is 3.22. The van der Waals surface area contributed by atoms with Crippen molar-refractivity contribution in [3.63, 3.8) is 0 Å². The minimum Gasteiger partial charge on any atom is -0.378 e. The van der Waals surface area contributed by atoms with Crippen LogP contribution in [0.2, 0.25) is 0 Å². The third kappa shape index (κ3) is 5.37. The second-order valence-electron chi connectivity index (χ2n) is 8.35. The first-order chi connectivity index (χ1) is 14.0. The largest absolute Gasteiger partial charge is 0.378 e. The Morgan fingerprint density at radius 3 is 2.72 bits per heavy atom. The van der Waals surface area contributed by atoms with Gasteiger partial charge in [0.2, 0.25) is 0 Å². The van der Waals surface area contributed by atoms with Crippen LogP contribution in [0.25, 0.3) is 5.65 Å². The van der Waals surface area contributed by atoms with Crippen LogP contribution in [0.1, 0.15) is 87.0 Å². The quantitative estimate of drug-likeness (QED) is 0.630. The molecule has 0 bridgehead atoms. The number of carbonyl (C=O) groups is 1. The van der Waals surface area contributed by atoms with Gasteiger partial charge >= 0.3 is 0 Å². The fourth-order valence-electron chi connectivity index (χ4n) is 3.93. The molecule has 0 atom stereocenters. The van der Waals surface area contributed by atoms with Gasteiger partial charge in [-0.1, -0.05) is 27.2 Å². The van der Waals surface area contributed by atoms with Crippen molar-refractivity contribution in [2.24, 2.45) is 0 Å². The zero-order valence-corrected chi connectivity index (χ0v) is 18.2. The smallest absolute Gasteiger partial charge is 0.255 e. The molecule has 2 heterocycles. The summed E-state index contributed by atoms with van der Waals surface area (Å²) >= 11 is 0. The molecule has 0 spiro atoms. The standard InChI is InChI=1S/C23H35N3O3/c1-5-6-13-29-19-9-7-17(8-10-19)24-23(27)20-11-12-26-18(15-28-4)14-21(16(2)3)25-22(20)26/h11-12,14,16-17,19H,5-10,13,15H2,1-4H3,(H,24,27). The number of aromatic nitrogens is 2. The van der Waals surface area contributed by atoms with E-state index in [1.165, 1.54) is 0 Å². The second-order valence-corrected chi connectivity index (χ2v) is 8.35. The monoisotopic (exact) mass is 401 g/mol. The van der Waals surface area contributed by atoms with Crippen LogP contribution in [-0.2, 0) is 16.1 Å². The van der Waals surface area contributed by atoms with E-state index >= 15 is 0 Å². The minimum atomic E-state index is -0.0420. The normalized spacial score (nSPS) is 19.8. The molecule has 1 aliphatic carbocycles. The number of hydrogen-bond donors (Lipinski definition) is 1. The molecule has 0 saturated heterocycles. The zero-order chi connectivity index (χ0) is 20.8. The van der Waals surface area contributed by atoms with Gasteiger partial charge in [-0.2, -0.15) is 0 Å². The van der Waals surface area contributed by atoms with Gasteiger partial charge in [-0.15, -0.1) is 0 Å². The molecule has 1 amide bonds. The van der Waals surface area contributed by atoms with Crippen molar-refractivity contribution in [3.05, 3.63) is 35.3 Å². The molecule has 1 aliphatic rings. The fourth-order valence-corrected chi connectivity index (χ4v) is 3.93. The van der Waals surface area contributed by atoms with Crippen LogP contribution in [-0.4, -0.2) is 41.2 Å². The van der Waals surface area contributed by atoms with Crippen LogP contribution >= 0.6 is 0 Å². The van der Waals surface area contributed by atoms with E-state index in [2.05, 4.69) is 32.2 Å². The summed E-state index contributed by atoms with van der Waals surface area (Å²) in [6.45, 7) is 7.73. The topological polar surface area (TPSA) is 64.9 Å². The van der Waals surface area contributed by atoms with Gasteiger partial charge in [0, 0.05) is 31.6 Å². The van der Waals surface area contributed by atoms with E-state index in [-0.39, 0.29) is 17.9 Å². The maximum absolute atomic E-state index is 13.0. The summed E-state index contributed by atoms with van der Waals surface area (Å²) in [6, 6.07) is 4.12. The van der Waals surface area contributed by atoms with Crippen molar-refractivity contribution >= 4 is 11.6 Å². The third-order valence-corrected chi connectivity index (χ3v) is 5.71. The highest BCUT2D eigenvalue weighted by molar-refractivity contribution is 6.00. The van der Waals surface area contributed by atoms with Gasteiger partial charge in [0.05, 0.1) is 24.0 Å². The molecule has 2 aromatic heterocycles. The van der Waals surface area contributed by atoms with Crippen molar-refractivity contribution < 1.29 is 14.3 Å². The maximum Gasteiger partial charge on any atom is 0.255 e. The Morgan fingerprint density at radius 1 is 1.31 bits per heavy atom. The number of nitrogens with zero attached hydrogens (tertiary/aromatic N) is 2. The summed E-state index contributed by atoms with van der Waals surface area (Å²) in [5.74, 6) is 0.240. The van der Waals surface area contributed by atoms with E-state index in [1.807, 2.05) is 16.7 Å². The number of hydrogen-bond acceptors (Lipinski definition) is 4. The molecule has 3 rings (SSSR count). The highest BCUT2D eigenvalue weighted by atomic mass is 16.5. The first-order valence-electron chi connectivity index (χ1n) is 11.0. The lowest BCUT2D eigenvalue weighted by Gasteiger charge is -2.29. The Bertz CT molecular complexity index is 807. The molecule has 1 fully saturated rings. The van der Waals surface area contributed by atoms with Gasteiger partial charge in [0.15, 0.2) is 0 Å². The molecule has 160 valence electrons. The second kappa shape index (κ2) is 10.2. The summed E-state index contributed by atoms with van der Waals surface area (Å²) in [7, 11) is 1.68. The van der Waals surface area contributed by atoms with E-state index in [9.17, 15) is 4.79 Å². The number of methoxy groups -OCH3 is 1. The van der Waals surface area contributed by atoms with Crippen LogP contribution in [0, 0.1) is 0 Å². The first kappa shape index (κ1) is 21.8.